The fraction of sp³-hybridized carbons (Fsp3) is 0.500. The maximum absolute atomic E-state index is 12.4. The number of aromatic nitrogens is 2. The second-order valence-corrected chi connectivity index (χ2v) is 7.02. The minimum atomic E-state index is 0.00875. The summed E-state index contributed by atoms with van der Waals surface area (Å²) in [6, 6.07) is 0. The van der Waals surface area contributed by atoms with Gasteiger partial charge in [0.1, 0.15) is 10.7 Å². The van der Waals surface area contributed by atoms with Crippen molar-refractivity contribution in [1.82, 2.24) is 15.3 Å². The molecule has 2 heterocycles. The highest BCUT2D eigenvalue weighted by Crippen LogP contribution is 2.33. The van der Waals surface area contributed by atoms with Crippen LogP contribution in [0, 0.1) is 0 Å². The summed E-state index contributed by atoms with van der Waals surface area (Å²) in [5, 5.41) is 4.67. The Labute approximate surface area is 131 Å². The fourth-order valence-corrected chi connectivity index (χ4v) is 4.63. The summed E-state index contributed by atoms with van der Waals surface area (Å²) in [5.41, 5.74) is 1.25. The normalized spacial score (nSPS) is 15.2. The van der Waals surface area contributed by atoms with E-state index in [0.717, 1.165) is 28.2 Å². The van der Waals surface area contributed by atoms with E-state index < -0.39 is 0 Å². The predicted molar refractivity (Wildman–Crippen MR) is 90.6 cm³/mol. The van der Waals surface area contributed by atoms with E-state index in [1.165, 1.54) is 35.0 Å². The lowest BCUT2D eigenvalue weighted by molar-refractivity contribution is 0.700. The zero-order chi connectivity index (χ0) is 14.8. The van der Waals surface area contributed by atoms with Gasteiger partial charge >= 0.3 is 0 Å². The average Bonchev–Trinajstić information content (AvgIpc) is 2.87. The number of hydrogen-bond acceptors (Lipinski definition) is 5. The van der Waals surface area contributed by atoms with Crippen LogP contribution >= 0.6 is 23.1 Å². The van der Waals surface area contributed by atoms with Crippen molar-refractivity contribution >= 4 is 38.5 Å². The molecule has 2 aromatic rings. The number of thioether (sulfide) groups is 1. The van der Waals surface area contributed by atoms with Gasteiger partial charge in [0.2, 0.25) is 0 Å². The first kappa shape index (κ1) is 14.6. The number of thiophene rings is 1. The molecule has 0 aromatic carbocycles. The van der Waals surface area contributed by atoms with E-state index in [-0.39, 0.29) is 5.56 Å². The quantitative estimate of drug-likeness (QED) is 0.657. The Morgan fingerprint density at radius 2 is 2.29 bits per heavy atom. The molecule has 21 heavy (non-hydrogen) atoms. The van der Waals surface area contributed by atoms with E-state index in [9.17, 15) is 4.79 Å². The molecule has 7 heteroatoms. The SMILES string of the molecule is CN=C(NC)SCc1nc2sc3c(c2c(=O)[nH]1)CCCC3. The molecule has 0 bridgehead atoms. The summed E-state index contributed by atoms with van der Waals surface area (Å²) < 4.78 is 0. The lowest BCUT2D eigenvalue weighted by Crippen LogP contribution is -2.16. The number of nitrogens with one attached hydrogen (secondary N) is 2. The van der Waals surface area contributed by atoms with E-state index in [0.29, 0.717) is 11.6 Å². The van der Waals surface area contributed by atoms with Crippen LogP contribution in [0.15, 0.2) is 9.79 Å². The highest BCUT2D eigenvalue weighted by Gasteiger charge is 2.19. The number of aryl methyl sites for hydroxylation is 2. The average molecular weight is 322 g/mol. The summed E-state index contributed by atoms with van der Waals surface area (Å²) in [7, 11) is 3.58. The van der Waals surface area contributed by atoms with Crippen molar-refractivity contribution in [2.24, 2.45) is 4.99 Å². The van der Waals surface area contributed by atoms with Gasteiger partial charge in [-0.1, -0.05) is 11.8 Å². The van der Waals surface area contributed by atoms with Crippen molar-refractivity contribution in [3.05, 3.63) is 26.6 Å². The van der Waals surface area contributed by atoms with Crippen LogP contribution in [0.5, 0.6) is 0 Å². The summed E-state index contributed by atoms with van der Waals surface area (Å²) in [6.45, 7) is 0. The van der Waals surface area contributed by atoms with Crippen LogP contribution in [0.4, 0.5) is 0 Å². The standard InChI is InChI=1S/C14H18N4OS2/c1-15-14(16-2)20-7-10-17-12(19)11-8-5-3-4-6-9(8)21-13(11)18-10/h3-7H2,1-2H3,(H,15,16)(H,17,18,19). The third kappa shape index (κ3) is 2.85. The number of rotatable bonds is 2. The molecular formula is C14H18N4OS2. The van der Waals surface area contributed by atoms with Gasteiger partial charge in [-0.25, -0.2) is 4.98 Å². The van der Waals surface area contributed by atoms with Gasteiger partial charge in [-0.2, -0.15) is 0 Å². The first-order valence-electron chi connectivity index (χ1n) is 7.03. The zero-order valence-corrected chi connectivity index (χ0v) is 13.8. The maximum atomic E-state index is 12.4. The molecule has 0 atom stereocenters. The predicted octanol–water partition coefficient (Wildman–Crippen LogP) is 2.30. The lowest BCUT2D eigenvalue weighted by Gasteiger charge is -2.09. The molecule has 0 amide bonds. The van der Waals surface area contributed by atoms with Crippen molar-refractivity contribution in [3.63, 3.8) is 0 Å². The van der Waals surface area contributed by atoms with Gasteiger partial charge in [0.15, 0.2) is 5.17 Å². The molecule has 0 spiro atoms. The minimum Gasteiger partial charge on any atom is -0.368 e. The van der Waals surface area contributed by atoms with E-state index in [4.69, 9.17) is 0 Å². The van der Waals surface area contributed by atoms with Crippen molar-refractivity contribution in [1.29, 1.82) is 0 Å². The lowest BCUT2D eigenvalue weighted by atomic mass is 9.97. The van der Waals surface area contributed by atoms with Crippen molar-refractivity contribution in [2.75, 3.05) is 14.1 Å². The number of aliphatic imine (C=N–C) groups is 1. The summed E-state index contributed by atoms with van der Waals surface area (Å²) in [6.07, 6.45) is 4.50. The number of nitrogens with zero attached hydrogens (tertiary/aromatic N) is 2. The molecule has 0 saturated heterocycles. The van der Waals surface area contributed by atoms with Crippen molar-refractivity contribution in [3.8, 4) is 0 Å². The number of fused-ring (bicyclic) bond motifs is 3. The van der Waals surface area contributed by atoms with Crippen LogP contribution in [0.2, 0.25) is 0 Å². The Bertz CT molecular complexity index is 747. The van der Waals surface area contributed by atoms with E-state index in [1.54, 1.807) is 18.4 Å². The molecule has 0 radical (unpaired) electrons. The van der Waals surface area contributed by atoms with E-state index in [2.05, 4.69) is 20.3 Å². The summed E-state index contributed by atoms with van der Waals surface area (Å²) in [5.74, 6) is 1.33. The summed E-state index contributed by atoms with van der Waals surface area (Å²) in [4.78, 5) is 26.3. The number of H-pyrrole nitrogens is 1. The van der Waals surface area contributed by atoms with Gasteiger partial charge < -0.3 is 10.3 Å². The number of aromatic amines is 1. The van der Waals surface area contributed by atoms with E-state index >= 15 is 0 Å². The first-order valence-corrected chi connectivity index (χ1v) is 8.84. The van der Waals surface area contributed by atoms with Crippen LogP contribution in [0.3, 0.4) is 0 Å². The van der Waals surface area contributed by atoms with Gasteiger partial charge in [0, 0.05) is 19.0 Å². The second kappa shape index (κ2) is 6.19. The van der Waals surface area contributed by atoms with Gasteiger partial charge in [-0.3, -0.25) is 9.79 Å². The van der Waals surface area contributed by atoms with Crippen molar-refractivity contribution in [2.45, 2.75) is 31.4 Å². The van der Waals surface area contributed by atoms with Crippen LogP contribution in [0.25, 0.3) is 10.2 Å². The Morgan fingerprint density at radius 3 is 3.05 bits per heavy atom. The van der Waals surface area contributed by atoms with E-state index in [1.807, 2.05) is 7.05 Å². The molecule has 0 unspecified atom stereocenters. The van der Waals surface area contributed by atoms with Crippen LogP contribution in [-0.2, 0) is 18.6 Å². The molecule has 0 saturated carbocycles. The smallest absolute Gasteiger partial charge is 0.259 e. The largest absolute Gasteiger partial charge is 0.368 e. The molecule has 112 valence electrons. The Morgan fingerprint density at radius 1 is 1.48 bits per heavy atom. The van der Waals surface area contributed by atoms with Crippen LogP contribution < -0.4 is 10.9 Å². The fourth-order valence-electron chi connectivity index (χ4n) is 2.66. The topological polar surface area (TPSA) is 70.1 Å². The third-order valence-electron chi connectivity index (χ3n) is 3.64. The number of amidine groups is 1. The Hall–Kier alpha value is -1.34. The molecule has 0 fully saturated rings. The monoisotopic (exact) mass is 322 g/mol. The molecule has 2 aromatic heterocycles. The van der Waals surface area contributed by atoms with Crippen molar-refractivity contribution < 1.29 is 0 Å². The van der Waals surface area contributed by atoms with Crippen LogP contribution in [0.1, 0.15) is 29.1 Å². The summed E-state index contributed by atoms with van der Waals surface area (Å²) >= 11 is 3.23. The molecule has 1 aliphatic carbocycles. The highest BCUT2D eigenvalue weighted by molar-refractivity contribution is 8.13. The van der Waals surface area contributed by atoms with Gasteiger partial charge in [-0.05, 0) is 31.2 Å². The number of hydrogen-bond donors (Lipinski definition) is 2. The molecule has 0 aliphatic heterocycles. The van der Waals surface area contributed by atoms with Gasteiger partial charge in [-0.15, -0.1) is 11.3 Å². The van der Waals surface area contributed by atoms with Gasteiger partial charge in [0.05, 0.1) is 11.1 Å². The molecule has 5 nitrogen and oxygen atoms in total. The first-order chi connectivity index (χ1) is 10.2. The minimum absolute atomic E-state index is 0.00875. The maximum Gasteiger partial charge on any atom is 0.259 e. The third-order valence-corrected chi connectivity index (χ3v) is 5.90. The zero-order valence-electron chi connectivity index (χ0n) is 12.2. The second-order valence-electron chi connectivity index (χ2n) is 4.97. The molecule has 3 rings (SSSR count). The molecule has 1 aliphatic rings. The van der Waals surface area contributed by atoms with Crippen LogP contribution in [-0.4, -0.2) is 29.2 Å². The highest BCUT2D eigenvalue weighted by atomic mass is 32.2. The Balaban J connectivity index is 1.94. The Kier molecular flexibility index (Phi) is 4.30. The molecule has 2 N–H and O–H groups in total. The molecular weight excluding hydrogens is 304 g/mol. The van der Waals surface area contributed by atoms with Gasteiger partial charge in [0.25, 0.3) is 5.56 Å².